The molecule has 0 bridgehead atoms. The lowest BCUT2D eigenvalue weighted by atomic mass is 10.0. The molecule has 1 fully saturated rings. The molecule has 2 aromatic carbocycles. The Morgan fingerprint density at radius 2 is 1.70 bits per heavy atom. The first-order valence-corrected chi connectivity index (χ1v) is 13.9. The lowest BCUT2D eigenvalue weighted by Crippen LogP contribution is -2.37. The molecule has 224 valence electrons. The number of phenols is 1. The number of nitrogens with one attached hydrogen (secondary N) is 2. The molecule has 5 rings (SSSR count). The number of para-hydroxylation sites is 1. The number of pyridine rings is 2. The minimum atomic E-state index is -0.741. The molecule has 0 radical (unpaired) electrons. The van der Waals surface area contributed by atoms with Crippen molar-refractivity contribution in [3.63, 3.8) is 0 Å². The summed E-state index contributed by atoms with van der Waals surface area (Å²) in [6.45, 7) is 2.53. The standard InChI is InChI=1S/C31H29ClFN5O4.ClH/c32-22-10-11-27(34-19-22)35-30(41)25-3-1-5-26(39)28(25)36-29(40)21-8-6-20(7-9-21)24-4-2-14-38(31(24)42)18-17-37-15-12-23(33)13-16-37;/h1-11,14,19,23,39H,12-13,15-18H2,(H,36,40)(H,34,35,41);1H. The van der Waals surface area contributed by atoms with E-state index < -0.39 is 18.0 Å². The largest absolute Gasteiger partial charge is 0.506 e. The second-order valence-corrected chi connectivity index (χ2v) is 10.4. The maximum atomic E-state index is 13.4. The average molecular weight is 627 g/mol. The van der Waals surface area contributed by atoms with Crippen molar-refractivity contribution in [2.45, 2.75) is 25.6 Å². The van der Waals surface area contributed by atoms with Crippen LogP contribution in [-0.4, -0.2) is 57.2 Å². The van der Waals surface area contributed by atoms with Crippen LogP contribution < -0.4 is 16.2 Å². The smallest absolute Gasteiger partial charge is 0.259 e. The fraction of sp³-hybridized carbons (Fsp3) is 0.226. The van der Waals surface area contributed by atoms with Gasteiger partial charge in [0.05, 0.1) is 16.3 Å². The lowest BCUT2D eigenvalue weighted by Gasteiger charge is -2.28. The number of alkyl halides is 1. The third-order valence-corrected chi connectivity index (χ3v) is 7.37. The molecule has 2 aromatic heterocycles. The predicted octanol–water partition coefficient (Wildman–Crippen LogP) is 5.63. The number of hydrogen-bond donors (Lipinski definition) is 3. The van der Waals surface area contributed by atoms with Crippen LogP contribution in [0.2, 0.25) is 5.02 Å². The Morgan fingerprint density at radius 1 is 0.953 bits per heavy atom. The van der Waals surface area contributed by atoms with E-state index in [0.717, 1.165) is 0 Å². The molecule has 1 aliphatic heterocycles. The Balaban J connectivity index is 0.00000423. The third-order valence-electron chi connectivity index (χ3n) is 7.15. The van der Waals surface area contributed by atoms with Crippen LogP contribution in [0.25, 0.3) is 11.1 Å². The Labute approximate surface area is 258 Å². The van der Waals surface area contributed by atoms with Gasteiger partial charge in [0.25, 0.3) is 17.4 Å². The fourth-order valence-corrected chi connectivity index (χ4v) is 4.90. The number of piperidine rings is 1. The van der Waals surface area contributed by atoms with E-state index in [1.807, 2.05) is 0 Å². The number of anilines is 2. The van der Waals surface area contributed by atoms with Crippen molar-refractivity contribution in [2.24, 2.45) is 0 Å². The molecule has 4 aromatic rings. The Bertz CT molecular complexity index is 1640. The summed E-state index contributed by atoms with van der Waals surface area (Å²) >= 11 is 5.85. The van der Waals surface area contributed by atoms with Crippen molar-refractivity contribution in [1.29, 1.82) is 0 Å². The quantitative estimate of drug-likeness (QED) is 0.219. The Hall–Kier alpha value is -4.25. The highest BCUT2D eigenvalue weighted by atomic mass is 35.5. The fourth-order valence-electron chi connectivity index (χ4n) is 4.79. The molecule has 2 amide bonds. The lowest BCUT2D eigenvalue weighted by molar-refractivity contribution is 0.102. The van der Waals surface area contributed by atoms with Crippen LogP contribution in [0, 0.1) is 0 Å². The van der Waals surface area contributed by atoms with E-state index >= 15 is 0 Å². The molecule has 0 spiro atoms. The first-order valence-electron chi connectivity index (χ1n) is 13.5. The summed E-state index contributed by atoms with van der Waals surface area (Å²) in [6.07, 6.45) is 3.42. The number of carbonyl (C=O) groups is 2. The highest BCUT2D eigenvalue weighted by molar-refractivity contribution is 6.30. The van der Waals surface area contributed by atoms with Crippen LogP contribution in [0.5, 0.6) is 5.75 Å². The van der Waals surface area contributed by atoms with E-state index in [-0.39, 0.29) is 46.3 Å². The van der Waals surface area contributed by atoms with Crippen molar-refractivity contribution in [3.8, 4) is 16.9 Å². The van der Waals surface area contributed by atoms with Crippen molar-refractivity contribution in [3.05, 3.63) is 106 Å². The number of likely N-dealkylation sites (tertiary alicyclic amines) is 1. The molecule has 43 heavy (non-hydrogen) atoms. The number of hydrogen-bond acceptors (Lipinski definition) is 6. The summed E-state index contributed by atoms with van der Waals surface area (Å²) in [7, 11) is 0. The number of aromatic hydroxyl groups is 1. The van der Waals surface area contributed by atoms with Gasteiger partial charge in [-0.15, -0.1) is 12.4 Å². The molecule has 0 aliphatic carbocycles. The van der Waals surface area contributed by atoms with Gasteiger partial charge in [0.15, 0.2) is 0 Å². The highest BCUT2D eigenvalue weighted by Crippen LogP contribution is 2.29. The van der Waals surface area contributed by atoms with Crippen LogP contribution in [0.3, 0.4) is 0 Å². The zero-order chi connectivity index (χ0) is 29.6. The van der Waals surface area contributed by atoms with Gasteiger partial charge in [0.2, 0.25) is 0 Å². The number of benzene rings is 2. The number of rotatable bonds is 8. The number of carbonyl (C=O) groups excluding carboxylic acids is 2. The van der Waals surface area contributed by atoms with E-state index in [9.17, 15) is 23.9 Å². The first kappa shape index (κ1) is 31.7. The first-order chi connectivity index (χ1) is 20.3. The predicted molar refractivity (Wildman–Crippen MR) is 167 cm³/mol. The second kappa shape index (κ2) is 14.3. The summed E-state index contributed by atoms with van der Waals surface area (Å²) < 4.78 is 15.1. The summed E-state index contributed by atoms with van der Waals surface area (Å²) in [6, 6.07) is 17.4. The van der Waals surface area contributed by atoms with Gasteiger partial charge >= 0.3 is 0 Å². The molecule has 3 heterocycles. The van der Waals surface area contributed by atoms with Crippen LogP contribution in [0.15, 0.2) is 83.9 Å². The Kier molecular flexibility index (Phi) is 10.5. The van der Waals surface area contributed by atoms with Crippen molar-refractivity contribution in [1.82, 2.24) is 14.5 Å². The molecule has 0 saturated carbocycles. The normalized spacial score (nSPS) is 13.6. The molecule has 12 heteroatoms. The molecular formula is C31H30Cl2FN5O4. The molecule has 1 saturated heterocycles. The van der Waals surface area contributed by atoms with Gasteiger partial charge in [-0.2, -0.15) is 0 Å². The van der Waals surface area contributed by atoms with Gasteiger partial charge in [0, 0.05) is 49.7 Å². The van der Waals surface area contributed by atoms with E-state index in [2.05, 4.69) is 20.5 Å². The van der Waals surface area contributed by atoms with Crippen LogP contribution in [0.4, 0.5) is 15.9 Å². The third kappa shape index (κ3) is 7.78. The summed E-state index contributed by atoms with van der Waals surface area (Å²) in [5.74, 6) is -1.17. The molecular weight excluding hydrogens is 596 g/mol. The van der Waals surface area contributed by atoms with Crippen molar-refractivity contribution in [2.75, 3.05) is 30.3 Å². The number of nitrogens with zero attached hydrogens (tertiary/aromatic N) is 3. The molecule has 1 aliphatic rings. The highest BCUT2D eigenvalue weighted by Gasteiger charge is 2.20. The molecule has 3 N–H and O–H groups in total. The SMILES string of the molecule is Cl.O=C(Nc1c(O)cccc1C(=O)Nc1ccc(Cl)cn1)c1ccc(-c2cccn(CCN3CCC(F)CC3)c2=O)cc1. The van der Waals surface area contributed by atoms with Gasteiger partial charge in [-0.25, -0.2) is 9.37 Å². The molecule has 0 unspecified atom stereocenters. The topological polar surface area (TPSA) is 117 Å². The number of halogens is 3. The monoisotopic (exact) mass is 625 g/mol. The van der Waals surface area contributed by atoms with Gasteiger partial charge in [-0.1, -0.05) is 29.8 Å². The number of aromatic nitrogens is 2. The van der Waals surface area contributed by atoms with Gasteiger partial charge in [-0.05, 0) is 66.9 Å². The Morgan fingerprint density at radius 3 is 2.40 bits per heavy atom. The van der Waals surface area contributed by atoms with Gasteiger partial charge in [-0.3, -0.25) is 14.4 Å². The van der Waals surface area contributed by atoms with Crippen molar-refractivity contribution < 1.29 is 19.1 Å². The number of phenolic OH excluding ortho intramolecular Hbond substituents is 1. The van der Waals surface area contributed by atoms with Gasteiger partial charge in [0.1, 0.15) is 17.7 Å². The summed E-state index contributed by atoms with van der Waals surface area (Å²) in [4.78, 5) is 45.4. The minimum absolute atomic E-state index is 0. The van der Waals surface area contributed by atoms with E-state index in [1.54, 1.807) is 53.2 Å². The second-order valence-electron chi connectivity index (χ2n) is 9.98. The van der Waals surface area contributed by atoms with E-state index in [0.29, 0.717) is 55.2 Å². The minimum Gasteiger partial charge on any atom is -0.506 e. The zero-order valence-corrected chi connectivity index (χ0v) is 24.6. The summed E-state index contributed by atoms with van der Waals surface area (Å²) in [5.41, 5.74) is 1.22. The maximum Gasteiger partial charge on any atom is 0.259 e. The van der Waals surface area contributed by atoms with Crippen LogP contribution >= 0.6 is 24.0 Å². The summed E-state index contributed by atoms with van der Waals surface area (Å²) in [5, 5.41) is 16.1. The van der Waals surface area contributed by atoms with Crippen molar-refractivity contribution >= 4 is 47.3 Å². The van der Waals surface area contributed by atoms with Gasteiger partial charge < -0.3 is 25.2 Å². The van der Waals surface area contributed by atoms with E-state index in [1.165, 1.54) is 30.5 Å². The average Bonchev–Trinajstić information content (AvgIpc) is 2.99. The molecule has 9 nitrogen and oxygen atoms in total. The number of amides is 2. The van der Waals surface area contributed by atoms with E-state index in [4.69, 9.17) is 11.6 Å². The zero-order valence-electron chi connectivity index (χ0n) is 23.0. The maximum absolute atomic E-state index is 13.4. The van der Waals surface area contributed by atoms with Crippen LogP contribution in [-0.2, 0) is 6.54 Å². The molecule has 0 atom stereocenters. The van der Waals surface area contributed by atoms with Crippen LogP contribution in [0.1, 0.15) is 33.6 Å².